The second-order valence-corrected chi connectivity index (χ2v) is 8.52. The van der Waals surface area contributed by atoms with Crippen LogP contribution in [0.4, 0.5) is 0 Å². The molecular formula is C22H21N3O2S2. The van der Waals surface area contributed by atoms with Crippen LogP contribution in [-0.4, -0.2) is 21.6 Å². The van der Waals surface area contributed by atoms with Gasteiger partial charge in [0.1, 0.15) is 16.2 Å². The van der Waals surface area contributed by atoms with Gasteiger partial charge in [-0.3, -0.25) is 4.79 Å². The molecule has 7 heteroatoms. The molecule has 0 bridgehead atoms. The number of nitrogens with zero attached hydrogens (tertiary/aromatic N) is 2. The molecule has 5 nitrogen and oxygen atoms in total. The highest BCUT2D eigenvalue weighted by molar-refractivity contribution is 7.98. The smallest absolute Gasteiger partial charge is 0.223 e. The fourth-order valence-corrected chi connectivity index (χ4v) is 4.87. The Morgan fingerprint density at radius 1 is 1.21 bits per heavy atom. The molecule has 0 radical (unpaired) electrons. The molecule has 4 rings (SSSR count). The molecule has 3 aromatic heterocycles. The van der Waals surface area contributed by atoms with E-state index in [1.165, 1.54) is 5.56 Å². The van der Waals surface area contributed by atoms with Crippen LogP contribution in [0.5, 0.6) is 5.75 Å². The first-order chi connectivity index (χ1) is 14.2. The van der Waals surface area contributed by atoms with E-state index >= 15 is 0 Å². The van der Waals surface area contributed by atoms with E-state index in [2.05, 4.69) is 51.5 Å². The number of thioether (sulfide) groups is 1. The van der Waals surface area contributed by atoms with E-state index in [1.807, 2.05) is 6.92 Å². The van der Waals surface area contributed by atoms with E-state index < -0.39 is 0 Å². The van der Waals surface area contributed by atoms with E-state index in [0.29, 0.717) is 18.1 Å². The van der Waals surface area contributed by atoms with E-state index in [0.717, 1.165) is 38.5 Å². The van der Waals surface area contributed by atoms with Crippen molar-refractivity contribution in [3.05, 3.63) is 69.7 Å². The number of hydrogen-bond donors (Lipinski definition) is 1. The first-order valence-electron chi connectivity index (χ1n) is 9.42. The van der Waals surface area contributed by atoms with Gasteiger partial charge in [0.2, 0.25) is 5.43 Å². The van der Waals surface area contributed by atoms with Gasteiger partial charge in [-0.15, -0.1) is 11.3 Å². The molecule has 1 aromatic carbocycles. The van der Waals surface area contributed by atoms with Crippen LogP contribution in [0.3, 0.4) is 0 Å². The summed E-state index contributed by atoms with van der Waals surface area (Å²) < 4.78 is 5.45. The van der Waals surface area contributed by atoms with E-state index in [1.54, 1.807) is 41.7 Å². The fraction of sp³-hybridized carbons (Fsp3) is 0.227. The number of ether oxygens (including phenoxy) is 1. The van der Waals surface area contributed by atoms with Gasteiger partial charge >= 0.3 is 0 Å². The molecule has 0 amide bonds. The minimum atomic E-state index is -0.100. The molecule has 0 fully saturated rings. The number of aryl methyl sites for hydroxylation is 1. The highest BCUT2D eigenvalue weighted by Crippen LogP contribution is 2.38. The molecule has 0 spiro atoms. The van der Waals surface area contributed by atoms with Crippen molar-refractivity contribution < 1.29 is 4.74 Å². The Labute approximate surface area is 177 Å². The average molecular weight is 424 g/mol. The van der Waals surface area contributed by atoms with Crippen molar-refractivity contribution in [3.63, 3.8) is 0 Å². The van der Waals surface area contributed by atoms with Crippen LogP contribution in [0.2, 0.25) is 0 Å². The zero-order chi connectivity index (χ0) is 20.2. The number of nitrogens with one attached hydrogen (secondary N) is 1. The highest BCUT2D eigenvalue weighted by atomic mass is 32.2. The van der Waals surface area contributed by atoms with Crippen LogP contribution >= 0.6 is 23.1 Å². The molecule has 0 aliphatic carbocycles. The topological polar surface area (TPSA) is 67.9 Å². The predicted octanol–water partition coefficient (Wildman–Crippen LogP) is 5.44. The maximum absolute atomic E-state index is 12.2. The van der Waals surface area contributed by atoms with Crippen molar-refractivity contribution in [1.29, 1.82) is 0 Å². The third-order valence-corrected chi connectivity index (χ3v) is 6.39. The van der Waals surface area contributed by atoms with Crippen LogP contribution < -0.4 is 10.2 Å². The second-order valence-electron chi connectivity index (χ2n) is 6.70. The predicted molar refractivity (Wildman–Crippen MR) is 120 cm³/mol. The van der Waals surface area contributed by atoms with Crippen LogP contribution in [-0.2, 0) is 5.75 Å². The lowest BCUT2D eigenvalue weighted by Gasteiger charge is -2.07. The number of aromatic nitrogens is 3. The van der Waals surface area contributed by atoms with Crippen molar-refractivity contribution in [3.8, 4) is 16.9 Å². The molecule has 0 unspecified atom stereocenters. The monoisotopic (exact) mass is 423 g/mol. The number of rotatable bonds is 7. The molecule has 0 aliphatic rings. The summed E-state index contributed by atoms with van der Waals surface area (Å²) in [5, 5.41) is 4.12. The summed E-state index contributed by atoms with van der Waals surface area (Å²) in [6.45, 7) is 4.63. The van der Waals surface area contributed by atoms with Gasteiger partial charge in [-0.2, -0.15) is 0 Å². The molecule has 1 N–H and O–H groups in total. The summed E-state index contributed by atoms with van der Waals surface area (Å²) in [6.07, 6.45) is 4.11. The van der Waals surface area contributed by atoms with E-state index in [4.69, 9.17) is 4.74 Å². The summed E-state index contributed by atoms with van der Waals surface area (Å²) in [4.78, 5) is 25.3. The maximum Gasteiger partial charge on any atom is 0.223 e. The molecule has 0 saturated heterocycles. The summed E-state index contributed by atoms with van der Waals surface area (Å²) in [5.74, 6) is 0.975. The first kappa shape index (κ1) is 19.7. The molecule has 0 atom stereocenters. The zero-order valence-corrected chi connectivity index (χ0v) is 17.9. The minimum Gasteiger partial charge on any atom is -0.488 e. The van der Waals surface area contributed by atoms with Gasteiger partial charge in [-0.1, -0.05) is 48.5 Å². The fourth-order valence-electron chi connectivity index (χ4n) is 2.96. The largest absolute Gasteiger partial charge is 0.488 e. The van der Waals surface area contributed by atoms with Gasteiger partial charge in [-0.25, -0.2) is 9.97 Å². The van der Waals surface area contributed by atoms with Crippen LogP contribution in [0.25, 0.3) is 21.3 Å². The van der Waals surface area contributed by atoms with Crippen LogP contribution in [0.1, 0.15) is 24.6 Å². The van der Waals surface area contributed by atoms with Crippen molar-refractivity contribution in [2.45, 2.75) is 31.0 Å². The molecule has 0 saturated carbocycles. The summed E-state index contributed by atoms with van der Waals surface area (Å²) in [7, 11) is 0. The Hall–Kier alpha value is -2.64. The van der Waals surface area contributed by atoms with E-state index in [-0.39, 0.29) is 5.43 Å². The number of pyridine rings is 1. The Morgan fingerprint density at radius 2 is 2.03 bits per heavy atom. The van der Waals surface area contributed by atoms with Gasteiger partial charge in [0.05, 0.1) is 12.0 Å². The SMILES string of the molecule is CCCOc1c[nH]c(CSc2ncnc3scc(-c4ccc(C)cc4)c23)cc1=O. The third kappa shape index (κ3) is 4.36. The molecule has 29 heavy (non-hydrogen) atoms. The van der Waals surface area contributed by atoms with Gasteiger partial charge in [0.15, 0.2) is 5.75 Å². The zero-order valence-electron chi connectivity index (χ0n) is 16.3. The minimum absolute atomic E-state index is 0.100. The van der Waals surface area contributed by atoms with Gasteiger partial charge < -0.3 is 9.72 Å². The Bertz CT molecular complexity index is 1180. The second kappa shape index (κ2) is 8.80. The normalized spacial score (nSPS) is 11.1. The number of hydrogen-bond acceptors (Lipinski definition) is 6. The summed E-state index contributed by atoms with van der Waals surface area (Å²) in [5.41, 5.74) is 4.27. The van der Waals surface area contributed by atoms with Gasteiger partial charge in [0.25, 0.3) is 0 Å². The van der Waals surface area contributed by atoms with Crippen molar-refractivity contribution in [2.75, 3.05) is 6.61 Å². The quantitative estimate of drug-likeness (QED) is 0.317. The van der Waals surface area contributed by atoms with Crippen molar-refractivity contribution in [1.82, 2.24) is 15.0 Å². The van der Waals surface area contributed by atoms with Crippen LogP contribution in [0.15, 0.2) is 58.1 Å². The summed E-state index contributed by atoms with van der Waals surface area (Å²) >= 11 is 3.22. The van der Waals surface area contributed by atoms with E-state index in [9.17, 15) is 4.79 Å². The lowest BCUT2D eigenvalue weighted by atomic mass is 10.1. The number of aromatic amines is 1. The standard InChI is InChI=1S/C22H21N3O2S2/c1-3-8-27-19-10-23-16(9-18(19)26)11-28-21-20-17(12-29-22(20)25-13-24-21)15-6-4-14(2)5-7-15/h4-7,9-10,12-13H,3,8,11H2,1-2H3,(H,23,26). The summed E-state index contributed by atoms with van der Waals surface area (Å²) in [6, 6.07) is 10.1. The molecule has 3 heterocycles. The lowest BCUT2D eigenvalue weighted by Crippen LogP contribution is -2.09. The molecule has 0 aliphatic heterocycles. The van der Waals surface area contributed by atoms with Crippen molar-refractivity contribution in [2.24, 2.45) is 0 Å². The average Bonchev–Trinajstić information content (AvgIpc) is 3.17. The van der Waals surface area contributed by atoms with Crippen molar-refractivity contribution >= 4 is 33.3 Å². The number of thiophene rings is 1. The highest BCUT2D eigenvalue weighted by Gasteiger charge is 2.14. The van der Waals surface area contributed by atoms with Gasteiger partial charge in [-0.05, 0) is 18.9 Å². The number of H-pyrrole nitrogens is 1. The lowest BCUT2D eigenvalue weighted by molar-refractivity contribution is 0.313. The number of fused-ring (bicyclic) bond motifs is 1. The Balaban J connectivity index is 1.60. The Morgan fingerprint density at radius 3 is 2.79 bits per heavy atom. The van der Waals surface area contributed by atoms with Gasteiger partial charge in [0, 0.05) is 34.7 Å². The number of benzene rings is 1. The molecule has 4 aromatic rings. The molecular weight excluding hydrogens is 402 g/mol. The first-order valence-corrected chi connectivity index (χ1v) is 11.3. The Kier molecular flexibility index (Phi) is 5.97. The maximum atomic E-state index is 12.2. The molecule has 148 valence electrons. The van der Waals surface area contributed by atoms with Crippen LogP contribution in [0, 0.1) is 6.92 Å². The third-order valence-electron chi connectivity index (χ3n) is 4.46.